The molecule has 2 heteroatoms. The molecular weight excluding hydrogens is 234 g/mol. The number of hydrogen-bond acceptors (Lipinski definition) is 2. The van der Waals surface area contributed by atoms with Crippen LogP contribution in [0.15, 0.2) is 78.7 Å². The van der Waals surface area contributed by atoms with E-state index in [1.165, 1.54) is 11.1 Å². The highest BCUT2D eigenvalue weighted by atomic mass is 16.3. The molecule has 0 aromatic heterocycles. The lowest BCUT2D eigenvalue weighted by Gasteiger charge is -2.22. The zero-order valence-corrected chi connectivity index (χ0v) is 10.5. The Kier molecular flexibility index (Phi) is 3.07. The number of aliphatic hydroxyl groups is 1. The van der Waals surface area contributed by atoms with Crippen molar-refractivity contribution in [1.29, 1.82) is 0 Å². The molecule has 0 amide bonds. The molecule has 1 heterocycles. The number of hydrogen-bond donors (Lipinski definition) is 1. The molecule has 19 heavy (non-hydrogen) atoms. The zero-order chi connectivity index (χ0) is 13.1. The Morgan fingerprint density at radius 3 is 2.21 bits per heavy atom. The van der Waals surface area contributed by atoms with Gasteiger partial charge in [-0.3, -0.25) is 0 Å². The minimum absolute atomic E-state index is 0.384. The molecule has 2 aromatic rings. The van der Waals surface area contributed by atoms with E-state index in [2.05, 4.69) is 36.4 Å². The second kappa shape index (κ2) is 5.02. The summed E-state index contributed by atoms with van der Waals surface area (Å²) in [5, 5.41) is 9.54. The topological polar surface area (TPSA) is 23.5 Å². The Labute approximate surface area is 112 Å². The molecule has 0 atom stereocenters. The molecular formula is C17H15NO. The monoisotopic (exact) mass is 249 g/mol. The van der Waals surface area contributed by atoms with Gasteiger partial charge in [-0.25, -0.2) is 0 Å². The number of nitrogens with zero attached hydrogens (tertiary/aromatic N) is 1. The van der Waals surface area contributed by atoms with Gasteiger partial charge in [0.05, 0.1) is 6.54 Å². The van der Waals surface area contributed by atoms with Gasteiger partial charge in [0.1, 0.15) is 5.76 Å². The minimum atomic E-state index is 0.384. The van der Waals surface area contributed by atoms with Crippen molar-refractivity contribution >= 4 is 5.69 Å². The van der Waals surface area contributed by atoms with Crippen LogP contribution in [0.4, 0.5) is 5.69 Å². The van der Waals surface area contributed by atoms with E-state index in [-0.39, 0.29) is 0 Å². The van der Waals surface area contributed by atoms with Gasteiger partial charge in [0, 0.05) is 11.9 Å². The summed E-state index contributed by atoms with van der Waals surface area (Å²) in [6, 6.07) is 18.7. The summed E-state index contributed by atoms with van der Waals surface area (Å²) in [5.41, 5.74) is 3.49. The fraction of sp³-hybridized carbons (Fsp3) is 0.0588. The fourth-order valence-corrected chi connectivity index (χ4v) is 2.19. The third kappa shape index (κ3) is 2.52. The van der Waals surface area contributed by atoms with E-state index < -0.39 is 0 Å². The smallest absolute Gasteiger partial charge is 0.112 e. The van der Waals surface area contributed by atoms with Crippen molar-refractivity contribution in [3.8, 4) is 11.1 Å². The Morgan fingerprint density at radius 2 is 1.53 bits per heavy atom. The Hall–Kier alpha value is -2.48. The molecule has 3 rings (SSSR count). The highest BCUT2D eigenvalue weighted by Crippen LogP contribution is 2.24. The van der Waals surface area contributed by atoms with Crippen molar-refractivity contribution in [2.24, 2.45) is 0 Å². The quantitative estimate of drug-likeness (QED) is 0.865. The number of aliphatic hydroxyl groups excluding tert-OH is 1. The summed E-state index contributed by atoms with van der Waals surface area (Å²) in [6.07, 6.45) is 5.54. The Morgan fingerprint density at radius 1 is 0.842 bits per heavy atom. The molecule has 2 nitrogen and oxygen atoms in total. The van der Waals surface area contributed by atoms with Crippen molar-refractivity contribution in [2.45, 2.75) is 0 Å². The maximum atomic E-state index is 9.54. The average Bonchev–Trinajstić information content (AvgIpc) is 2.48. The summed E-state index contributed by atoms with van der Waals surface area (Å²) in [6.45, 7) is 0.529. The molecule has 1 aliphatic rings. The van der Waals surface area contributed by atoms with E-state index in [4.69, 9.17) is 0 Å². The lowest BCUT2D eigenvalue weighted by atomic mass is 10.1. The summed E-state index contributed by atoms with van der Waals surface area (Å²) in [5.74, 6) is 0.384. The first-order valence-corrected chi connectivity index (χ1v) is 6.31. The van der Waals surface area contributed by atoms with Gasteiger partial charge < -0.3 is 10.0 Å². The van der Waals surface area contributed by atoms with Crippen LogP contribution in [0.3, 0.4) is 0 Å². The zero-order valence-electron chi connectivity index (χ0n) is 10.5. The van der Waals surface area contributed by atoms with Crippen LogP contribution < -0.4 is 4.90 Å². The first kappa shape index (κ1) is 11.6. The Balaban J connectivity index is 1.84. The van der Waals surface area contributed by atoms with Gasteiger partial charge in [-0.1, -0.05) is 42.5 Å². The van der Waals surface area contributed by atoms with E-state index >= 15 is 0 Å². The van der Waals surface area contributed by atoms with Crippen molar-refractivity contribution in [3.63, 3.8) is 0 Å². The molecule has 94 valence electrons. The number of rotatable bonds is 2. The van der Waals surface area contributed by atoms with Gasteiger partial charge >= 0.3 is 0 Å². The van der Waals surface area contributed by atoms with E-state index in [1.807, 2.05) is 35.4 Å². The first-order valence-electron chi connectivity index (χ1n) is 6.31. The summed E-state index contributed by atoms with van der Waals surface area (Å²) < 4.78 is 0. The average molecular weight is 249 g/mol. The number of anilines is 1. The van der Waals surface area contributed by atoms with E-state index in [0.717, 1.165) is 5.69 Å². The molecule has 2 aromatic carbocycles. The molecule has 0 bridgehead atoms. The van der Waals surface area contributed by atoms with E-state index in [0.29, 0.717) is 12.3 Å². The lowest BCUT2D eigenvalue weighted by molar-refractivity contribution is 0.401. The van der Waals surface area contributed by atoms with Crippen LogP contribution >= 0.6 is 0 Å². The van der Waals surface area contributed by atoms with Crippen LogP contribution in [-0.4, -0.2) is 11.7 Å². The molecule has 0 aliphatic carbocycles. The highest BCUT2D eigenvalue weighted by Gasteiger charge is 2.08. The second-order valence-electron chi connectivity index (χ2n) is 4.54. The van der Waals surface area contributed by atoms with Crippen LogP contribution in [0.5, 0.6) is 0 Å². The maximum absolute atomic E-state index is 9.54. The summed E-state index contributed by atoms with van der Waals surface area (Å²) in [4.78, 5) is 2.02. The van der Waals surface area contributed by atoms with Crippen molar-refractivity contribution < 1.29 is 5.11 Å². The molecule has 0 radical (unpaired) electrons. The van der Waals surface area contributed by atoms with Gasteiger partial charge in [0.25, 0.3) is 0 Å². The van der Waals surface area contributed by atoms with E-state index in [9.17, 15) is 5.11 Å². The Bertz CT molecular complexity index is 611. The van der Waals surface area contributed by atoms with Crippen LogP contribution in [0.25, 0.3) is 11.1 Å². The summed E-state index contributed by atoms with van der Waals surface area (Å²) >= 11 is 0. The maximum Gasteiger partial charge on any atom is 0.112 e. The van der Waals surface area contributed by atoms with Gasteiger partial charge in [-0.05, 0) is 35.4 Å². The molecule has 1 N–H and O–H groups in total. The van der Waals surface area contributed by atoms with Gasteiger partial charge in [0.2, 0.25) is 0 Å². The lowest BCUT2D eigenvalue weighted by Crippen LogP contribution is -2.20. The minimum Gasteiger partial charge on any atom is -0.510 e. The molecule has 0 saturated carbocycles. The van der Waals surface area contributed by atoms with Crippen LogP contribution in [-0.2, 0) is 0 Å². The second-order valence-corrected chi connectivity index (χ2v) is 4.54. The molecule has 0 spiro atoms. The highest BCUT2D eigenvalue weighted by molar-refractivity contribution is 5.66. The number of allylic oxidation sites excluding steroid dienone is 2. The summed E-state index contributed by atoms with van der Waals surface area (Å²) in [7, 11) is 0. The molecule has 0 unspecified atom stereocenters. The molecule has 0 fully saturated rings. The predicted molar refractivity (Wildman–Crippen MR) is 79.1 cm³/mol. The predicted octanol–water partition coefficient (Wildman–Crippen LogP) is 4.13. The van der Waals surface area contributed by atoms with Crippen LogP contribution in [0.1, 0.15) is 0 Å². The fourth-order valence-electron chi connectivity index (χ4n) is 2.19. The molecule has 0 saturated heterocycles. The largest absolute Gasteiger partial charge is 0.510 e. The van der Waals surface area contributed by atoms with Crippen molar-refractivity contribution in [2.75, 3.05) is 11.4 Å². The normalized spacial score (nSPS) is 14.3. The van der Waals surface area contributed by atoms with E-state index in [1.54, 1.807) is 6.08 Å². The third-order valence-electron chi connectivity index (χ3n) is 3.19. The van der Waals surface area contributed by atoms with Crippen molar-refractivity contribution in [3.05, 3.63) is 78.7 Å². The third-order valence-corrected chi connectivity index (χ3v) is 3.19. The van der Waals surface area contributed by atoms with Crippen molar-refractivity contribution in [1.82, 2.24) is 0 Å². The number of benzene rings is 2. The van der Waals surface area contributed by atoms with Gasteiger partial charge in [0.15, 0.2) is 0 Å². The first-order chi connectivity index (χ1) is 9.33. The van der Waals surface area contributed by atoms with Gasteiger partial charge in [-0.15, -0.1) is 0 Å². The van der Waals surface area contributed by atoms with Gasteiger partial charge in [-0.2, -0.15) is 0 Å². The standard InChI is InChI=1S/C17H15NO/c19-17-7-4-12-18(13-17)16-10-8-15(9-11-16)14-5-2-1-3-6-14/h1-12,19H,13H2. The molecule has 1 aliphatic heterocycles. The van der Waals surface area contributed by atoms with Crippen LogP contribution in [0.2, 0.25) is 0 Å². The van der Waals surface area contributed by atoms with Crippen LogP contribution in [0, 0.1) is 0 Å². The SMILES string of the molecule is OC1=CC=CN(c2ccc(-c3ccccc3)cc2)C1.